The second kappa shape index (κ2) is 10.9. The molecular weight excluding hydrogens is 440 g/mol. The van der Waals surface area contributed by atoms with Gasteiger partial charge in [0.2, 0.25) is 0 Å². The zero-order chi connectivity index (χ0) is 23.1. The summed E-state index contributed by atoms with van der Waals surface area (Å²) in [6.45, 7) is 3.94. The minimum atomic E-state index is 0.228. The smallest absolute Gasteiger partial charge is 0.129 e. The van der Waals surface area contributed by atoms with Gasteiger partial charge >= 0.3 is 0 Å². The van der Waals surface area contributed by atoms with E-state index in [1.807, 2.05) is 50.2 Å². The molecule has 0 aliphatic rings. The van der Waals surface area contributed by atoms with E-state index < -0.39 is 0 Å². The molecule has 0 aliphatic heterocycles. The lowest BCUT2D eigenvalue weighted by Crippen LogP contribution is -1.82. The summed E-state index contributed by atoms with van der Waals surface area (Å²) in [5.41, 5.74) is 2.09. The van der Waals surface area contributed by atoms with E-state index in [9.17, 15) is 20.4 Å². The summed E-state index contributed by atoms with van der Waals surface area (Å²) in [4.78, 5) is 3.69. The van der Waals surface area contributed by atoms with E-state index in [1.165, 1.54) is 11.8 Å². The summed E-state index contributed by atoms with van der Waals surface area (Å²) in [6.07, 6.45) is 0. The Balaban J connectivity index is 0.000000182. The Morgan fingerprint density at radius 1 is 0.469 bits per heavy atom. The van der Waals surface area contributed by atoms with Gasteiger partial charge in [0.15, 0.2) is 0 Å². The van der Waals surface area contributed by atoms with E-state index in [1.54, 1.807) is 60.3 Å². The second-order valence-corrected chi connectivity index (χ2v) is 9.21. The highest BCUT2D eigenvalue weighted by Gasteiger charge is 2.06. The average Bonchev–Trinajstić information content (AvgIpc) is 2.75. The molecule has 0 heterocycles. The van der Waals surface area contributed by atoms with Gasteiger partial charge in [0.1, 0.15) is 23.0 Å². The minimum absolute atomic E-state index is 0.228. The molecule has 4 N–H and O–H groups in total. The van der Waals surface area contributed by atoms with Crippen molar-refractivity contribution in [1.82, 2.24) is 0 Å². The van der Waals surface area contributed by atoms with Gasteiger partial charge in [0, 0.05) is 9.79 Å². The zero-order valence-electron chi connectivity index (χ0n) is 17.7. The Morgan fingerprint density at radius 3 is 1.22 bits per heavy atom. The van der Waals surface area contributed by atoms with Gasteiger partial charge in [-0.2, -0.15) is 0 Å². The Bertz CT molecular complexity index is 1120. The summed E-state index contributed by atoms with van der Waals surface area (Å²) in [7, 11) is 0. The predicted molar refractivity (Wildman–Crippen MR) is 130 cm³/mol. The van der Waals surface area contributed by atoms with Crippen LogP contribution in [0.5, 0.6) is 23.0 Å². The lowest BCUT2D eigenvalue weighted by atomic mass is 10.2. The van der Waals surface area contributed by atoms with Crippen molar-refractivity contribution in [2.45, 2.75) is 33.4 Å². The van der Waals surface area contributed by atoms with Crippen molar-refractivity contribution in [1.29, 1.82) is 0 Å². The molecule has 0 amide bonds. The van der Waals surface area contributed by atoms with Gasteiger partial charge in [-0.25, -0.2) is 0 Å². The van der Waals surface area contributed by atoms with Crippen LogP contribution in [0, 0.1) is 13.8 Å². The molecule has 0 fully saturated rings. The highest BCUT2D eigenvalue weighted by Crippen LogP contribution is 2.38. The number of para-hydroxylation sites is 2. The van der Waals surface area contributed by atoms with Crippen molar-refractivity contribution in [3.05, 3.63) is 96.1 Å². The van der Waals surface area contributed by atoms with E-state index in [2.05, 4.69) is 0 Å². The van der Waals surface area contributed by atoms with Gasteiger partial charge < -0.3 is 20.4 Å². The summed E-state index contributed by atoms with van der Waals surface area (Å²) in [5.74, 6) is 1.03. The van der Waals surface area contributed by atoms with E-state index in [0.717, 1.165) is 30.7 Å². The van der Waals surface area contributed by atoms with Crippen molar-refractivity contribution in [2.24, 2.45) is 0 Å². The first-order valence-corrected chi connectivity index (χ1v) is 11.5. The molecule has 6 heteroatoms. The third kappa shape index (κ3) is 6.39. The van der Waals surface area contributed by atoms with E-state index in [4.69, 9.17) is 0 Å². The van der Waals surface area contributed by atoms with E-state index in [0.29, 0.717) is 0 Å². The van der Waals surface area contributed by atoms with Crippen molar-refractivity contribution in [3.63, 3.8) is 0 Å². The molecule has 0 radical (unpaired) electrons. The summed E-state index contributed by atoms with van der Waals surface area (Å²) in [5, 5.41) is 37.8. The Labute approximate surface area is 196 Å². The van der Waals surface area contributed by atoms with Crippen LogP contribution in [-0.4, -0.2) is 20.4 Å². The quantitative estimate of drug-likeness (QED) is 0.258. The molecule has 0 saturated heterocycles. The van der Waals surface area contributed by atoms with Crippen LogP contribution in [0.3, 0.4) is 0 Å². The Morgan fingerprint density at radius 2 is 0.844 bits per heavy atom. The second-order valence-electron chi connectivity index (χ2n) is 7.04. The highest BCUT2D eigenvalue weighted by atomic mass is 32.2. The molecule has 0 bridgehead atoms. The molecular formula is C26H24O4S2. The number of phenols is 4. The topological polar surface area (TPSA) is 80.9 Å². The van der Waals surface area contributed by atoms with Crippen molar-refractivity contribution in [2.75, 3.05) is 0 Å². The fourth-order valence-electron chi connectivity index (χ4n) is 2.82. The molecule has 0 spiro atoms. The predicted octanol–water partition coefficient (Wildman–Crippen LogP) is 7.11. The number of benzene rings is 4. The van der Waals surface area contributed by atoms with Crippen LogP contribution in [0.25, 0.3) is 0 Å². The lowest BCUT2D eigenvalue weighted by molar-refractivity contribution is 0.460. The largest absolute Gasteiger partial charge is 0.508 e. The fourth-order valence-corrected chi connectivity index (χ4v) is 4.64. The molecule has 4 aromatic rings. The van der Waals surface area contributed by atoms with Gasteiger partial charge in [0.25, 0.3) is 0 Å². The van der Waals surface area contributed by atoms with Crippen LogP contribution in [0.4, 0.5) is 0 Å². The van der Waals surface area contributed by atoms with E-state index >= 15 is 0 Å². The molecule has 0 aromatic heterocycles. The SMILES string of the molecule is Cc1cc(O)ccc1Sc1ccc(O)cc1C.Oc1ccccc1Sc1ccccc1O. The van der Waals surface area contributed by atoms with Crippen molar-refractivity contribution >= 4 is 23.5 Å². The van der Waals surface area contributed by atoms with Crippen LogP contribution in [-0.2, 0) is 0 Å². The fraction of sp³-hybridized carbons (Fsp3) is 0.0769. The molecule has 0 saturated carbocycles. The average molecular weight is 465 g/mol. The zero-order valence-corrected chi connectivity index (χ0v) is 19.3. The molecule has 0 unspecified atom stereocenters. The molecule has 0 aliphatic carbocycles. The van der Waals surface area contributed by atoms with Gasteiger partial charge in [-0.3, -0.25) is 0 Å². The van der Waals surface area contributed by atoms with Gasteiger partial charge in [0.05, 0.1) is 9.79 Å². The van der Waals surface area contributed by atoms with Crippen LogP contribution in [0.15, 0.2) is 105 Å². The maximum Gasteiger partial charge on any atom is 0.129 e. The molecule has 4 aromatic carbocycles. The van der Waals surface area contributed by atoms with E-state index in [-0.39, 0.29) is 23.0 Å². The monoisotopic (exact) mass is 464 g/mol. The number of hydrogen-bond acceptors (Lipinski definition) is 6. The first kappa shape index (κ1) is 23.4. The molecule has 32 heavy (non-hydrogen) atoms. The van der Waals surface area contributed by atoms with Crippen LogP contribution in [0.1, 0.15) is 11.1 Å². The third-order valence-corrected chi connectivity index (χ3v) is 6.97. The highest BCUT2D eigenvalue weighted by molar-refractivity contribution is 7.99. The van der Waals surface area contributed by atoms with Crippen molar-refractivity contribution < 1.29 is 20.4 Å². The summed E-state index contributed by atoms with van der Waals surface area (Å²) >= 11 is 2.98. The minimum Gasteiger partial charge on any atom is -0.508 e. The lowest BCUT2D eigenvalue weighted by Gasteiger charge is -2.08. The van der Waals surface area contributed by atoms with Gasteiger partial charge in [-0.15, -0.1) is 0 Å². The van der Waals surface area contributed by atoms with Gasteiger partial charge in [-0.05, 0) is 85.6 Å². The number of aryl methyl sites for hydroxylation is 2. The van der Waals surface area contributed by atoms with Crippen molar-refractivity contribution in [3.8, 4) is 23.0 Å². The standard InChI is InChI=1S/C14H14O2S.C12H10O2S/c1-9-7-11(15)3-5-13(9)17-14-6-4-12(16)8-10(14)2;13-9-5-1-3-7-11(9)15-12-8-4-2-6-10(12)14/h3-8,15-16H,1-2H3;1-8,13-14H. The van der Waals surface area contributed by atoms with Crippen LogP contribution in [0.2, 0.25) is 0 Å². The summed E-state index contributed by atoms with van der Waals surface area (Å²) < 4.78 is 0. The number of phenolic OH excluding ortho intramolecular Hbond substituents is 4. The summed E-state index contributed by atoms with van der Waals surface area (Å²) in [6, 6.07) is 24.8. The maximum atomic E-state index is 9.56. The van der Waals surface area contributed by atoms with Crippen LogP contribution < -0.4 is 0 Å². The normalized spacial score (nSPS) is 10.3. The first-order valence-electron chi connectivity index (χ1n) is 9.84. The molecule has 164 valence electrons. The molecule has 0 atom stereocenters. The third-order valence-electron chi connectivity index (χ3n) is 4.49. The Hall–Kier alpha value is -3.22. The molecule has 4 rings (SSSR count). The first-order chi connectivity index (χ1) is 15.3. The number of rotatable bonds is 4. The Kier molecular flexibility index (Phi) is 7.98. The number of hydrogen-bond donors (Lipinski definition) is 4. The maximum absolute atomic E-state index is 9.56. The van der Waals surface area contributed by atoms with Crippen LogP contribution >= 0.6 is 23.5 Å². The molecule has 4 nitrogen and oxygen atoms in total. The van der Waals surface area contributed by atoms with Gasteiger partial charge in [-0.1, -0.05) is 47.8 Å². The number of aromatic hydroxyl groups is 4.